The highest BCUT2D eigenvalue weighted by Crippen LogP contribution is 2.18. The van der Waals surface area contributed by atoms with Gasteiger partial charge in [-0.2, -0.15) is 0 Å². The smallest absolute Gasteiger partial charge is 0.354 e. The number of hydrogen-bond donors (Lipinski definition) is 1. The summed E-state index contributed by atoms with van der Waals surface area (Å²) in [6, 6.07) is 4.03. The summed E-state index contributed by atoms with van der Waals surface area (Å²) in [6.07, 6.45) is 1.63. The highest BCUT2D eigenvalue weighted by atomic mass is 16.5. The molecule has 102 valence electrons. The zero-order valence-corrected chi connectivity index (χ0v) is 12.0. The second kappa shape index (κ2) is 6.18. The first-order valence-electron chi connectivity index (χ1n) is 6.00. The average molecular weight is 261 g/mol. The van der Waals surface area contributed by atoms with Crippen molar-refractivity contribution in [2.24, 2.45) is 0 Å². The molecule has 4 nitrogen and oxygen atoms in total. The summed E-state index contributed by atoms with van der Waals surface area (Å²) in [5.41, 5.74) is 4.38. The van der Waals surface area contributed by atoms with Gasteiger partial charge in [0, 0.05) is 6.92 Å². The van der Waals surface area contributed by atoms with Crippen LogP contribution in [0.4, 0.5) is 0 Å². The molecule has 0 saturated heterocycles. The van der Waals surface area contributed by atoms with Gasteiger partial charge >= 0.3 is 5.97 Å². The van der Waals surface area contributed by atoms with Crippen LogP contribution in [0, 0.1) is 20.8 Å². The number of nitrogens with one attached hydrogen (secondary N) is 1. The van der Waals surface area contributed by atoms with Crippen molar-refractivity contribution in [3.05, 3.63) is 40.1 Å². The number of benzene rings is 1. The largest absolute Gasteiger partial charge is 0.464 e. The number of amides is 1. The maximum Gasteiger partial charge on any atom is 0.354 e. The van der Waals surface area contributed by atoms with E-state index >= 15 is 0 Å². The normalized spacial score (nSPS) is 11.1. The predicted octanol–water partition coefficient (Wildman–Crippen LogP) is 2.26. The fraction of sp³-hybridized carbons (Fsp3) is 0.333. The molecule has 0 aliphatic rings. The third-order valence-corrected chi connectivity index (χ3v) is 2.90. The van der Waals surface area contributed by atoms with Gasteiger partial charge in [-0.25, -0.2) is 4.79 Å². The van der Waals surface area contributed by atoms with Crippen molar-refractivity contribution < 1.29 is 14.3 Å². The van der Waals surface area contributed by atoms with Crippen molar-refractivity contribution in [2.75, 3.05) is 7.11 Å². The first kappa shape index (κ1) is 15.0. The Morgan fingerprint density at radius 1 is 1.11 bits per heavy atom. The molecule has 0 saturated carbocycles. The van der Waals surface area contributed by atoms with Crippen LogP contribution in [0.2, 0.25) is 0 Å². The summed E-state index contributed by atoms with van der Waals surface area (Å²) in [5.74, 6) is -0.869. The molecule has 0 atom stereocenters. The van der Waals surface area contributed by atoms with E-state index < -0.39 is 5.97 Å². The lowest BCUT2D eigenvalue weighted by Crippen LogP contribution is -2.25. The van der Waals surface area contributed by atoms with E-state index in [2.05, 4.69) is 10.1 Å². The molecule has 0 aromatic heterocycles. The molecule has 19 heavy (non-hydrogen) atoms. The van der Waals surface area contributed by atoms with Gasteiger partial charge in [0.15, 0.2) is 0 Å². The summed E-state index contributed by atoms with van der Waals surface area (Å²) in [7, 11) is 1.28. The lowest BCUT2D eigenvalue weighted by Gasteiger charge is -2.09. The van der Waals surface area contributed by atoms with Gasteiger partial charge in [0.2, 0.25) is 5.91 Å². The van der Waals surface area contributed by atoms with E-state index in [4.69, 9.17) is 0 Å². The molecular weight excluding hydrogens is 242 g/mol. The Bertz CT molecular complexity index is 545. The molecule has 1 aromatic carbocycles. The molecule has 0 heterocycles. The summed E-state index contributed by atoms with van der Waals surface area (Å²) >= 11 is 0. The third kappa shape index (κ3) is 3.95. The zero-order valence-electron chi connectivity index (χ0n) is 12.0. The van der Waals surface area contributed by atoms with Gasteiger partial charge < -0.3 is 10.1 Å². The number of methoxy groups -OCH3 is 1. The predicted molar refractivity (Wildman–Crippen MR) is 74.5 cm³/mol. The molecular formula is C15H19NO3. The van der Waals surface area contributed by atoms with Crippen LogP contribution >= 0.6 is 0 Å². The lowest BCUT2D eigenvalue weighted by molar-refractivity contribution is -0.137. The second-order valence-electron chi connectivity index (χ2n) is 4.52. The molecule has 1 aromatic rings. The van der Waals surface area contributed by atoms with Gasteiger partial charge in [0.05, 0.1) is 7.11 Å². The van der Waals surface area contributed by atoms with Crippen LogP contribution in [-0.2, 0) is 14.3 Å². The monoisotopic (exact) mass is 261 g/mol. The van der Waals surface area contributed by atoms with Crippen molar-refractivity contribution in [1.29, 1.82) is 0 Å². The van der Waals surface area contributed by atoms with E-state index in [0.717, 1.165) is 16.7 Å². The maximum absolute atomic E-state index is 11.6. The van der Waals surface area contributed by atoms with E-state index in [1.54, 1.807) is 6.08 Å². The van der Waals surface area contributed by atoms with Gasteiger partial charge in [-0.05, 0) is 49.1 Å². The van der Waals surface area contributed by atoms with Crippen LogP contribution in [0.5, 0.6) is 0 Å². The minimum atomic E-state index is -0.562. The van der Waals surface area contributed by atoms with Crippen LogP contribution in [0.3, 0.4) is 0 Å². The quantitative estimate of drug-likeness (QED) is 0.670. The van der Waals surface area contributed by atoms with Gasteiger partial charge in [0.25, 0.3) is 0 Å². The van der Waals surface area contributed by atoms with Crippen molar-refractivity contribution in [3.63, 3.8) is 0 Å². The number of rotatable bonds is 3. The number of aryl methyl sites for hydroxylation is 3. The van der Waals surface area contributed by atoms with Gasteiger partial charge in [-0.1, -0.05) is 12.1 Å². The molecule has 0 bridgehead atoms. The number of hydrogen-bond acceptors (Lipinski definition) is 3. The summed E-state index contributed by atoms with van der Waals surface area (Å²) < 4.78 is 4.66. The number of carbonyl (C=O) groups excluding carboxylic acids is 2. The van der Waals surface area contributed by atoms with Crippen LogP contribution in [0.1, 0.15) is 29.2 Å². The standard InChI is InChI=1S/C15H19NO3/c1-9-6-11(3)13(7-10(9)2)8-14(15(18)19-5)16-12(4)17/h6-8H,1-5H3,(H,16,17). The molecule has 0 spiro atoms. The summed E-state index contributed by atoms with van der Waals surface area (Å²) in [6.45, 7) is 7.35. The molecule has 0 radical (unpaired) electrons. The van der Waals surface area contributed by atoms with Crippen LogP contribution in [0.15, 0.2) is 17.8 Å². The van der Waals surface area contributed by atoms with E-state index in [0.29, 0.717) is 0 Å². The highest BCUT2D eigenvalue weighted by molar-refractivity contribution is 5.97. The molecule has 1 rings (SSSR count). The summed E-state index contributed by atoms with van der Waals surface area (Å²) in [5, 5.41) is 2.49. The minimum Gasteiger partial charge on any atom is -0.464 e. The Balaban J connectivity index is 3.25. The van der Waals surface area contributed by atoms with Crippen LogP contribution < -0.4 is 5.32 Å². The average Bonchev–Trinajstić information content (AvgIpc) is 2.33. The van der Waals surface area contributed by atoms with Crippen LogP contribution in [-0.4, -0.2) is 19.0 Å². The van der Waals surface area contributed by atoms with Crippen molar-refractivity contribution >= 4 is 18.0 Å². The fourth-order valence-electron chi connectivity index (χ4n) is 1.74. The Kier molecular flexibility index (Phi) is 4.87. The third-order valence-electron chi connectivity index (χ3n) is 2.90. The molecule has 4 heteroatoms. The van der Waals surface area contributed by atoms with Crippen molar-refractivity contribution in [3.8, 4) is 0 Å². The molecule has 0 fully saturated rings. The van der Waals surface area contributed by atoms with E-state index in [-0.39, 0.29) is 11.6 Å². The molecule has 0 aliphatic heterocycles. The van der Waals surface area contributed by atoms with E-state index in [1.165, 1.54) is 19.6 Å². The fourth-order valence-corrected chi connectivity index (χ4v) is 1.74. The van der Waals surface area contributed by atoms with Gasteiger partial charge in [-0.15, -0.1) is 0 Å². The second-order valence-corrected chi connectivity index (χ2v) is 4.52. The van der Waals surface area contributed by atoms with Crippen molar-refractivity contribution in [1.82, 2.24) is 5.32 Å². The SMILES string of the molecule is COC(=O)C(=Cc1cc(C)c(C)cc1C)NC(C)=O. The van der Waals surface area contributed by atoms with E-state index in [9.17, 15) is 9.59 Å². The Hall–Kier alpha value is -2.10. The van der Waals surface area contributed by atoms with Gasteiger partial charge in [0.1, 0.15) is 5.70 Å². The maximum atomic E-state index is 11.6. The Labute approximate surface area is 113 Å². The van der Waals surface area contributed by atoms with Crippen LogP contribution in [0.25, 0.3) is 6.08 Å². The van der Waals surface area contributed by atoms with Crippen molar-refractivity contribution in [2.45, 2.75) is 27.7 Å². The summed E-state index contributed by atoms with van der Waals surface area (Å²) in [4.78, 5) is 22.7. The topological polar surface area (TPSA) is 55.4 Å². The zero-order chi connectivity index (χ0) is 14.6. The number of ether oxygens (including phenoxy) is 1. The molecule has 0 unspecified atom stereocenters. The highest BCUT2D eigenvalue weighted by Gasteiger charge is 2.12. The molecule has 0 aliphatic carbocycles. The van der Waals surface area contributed by atoms with Gasteiger partial charge in [-0.3, -0.25) is 4.79 Å². The number of esters is 1. The molecule has 1 N–H and O–H groups in total. The number of carbonyl (C=O) groups is 2. The van der Waals surface area contributed by atoms with E-state index in [1.807, 2.05) is 32.9 Å². The lowest BCUT2D eigenvalue weighted by atomic mass is 10.00. The Morgan fingerprint density at radius 3 is 2.21 bits per heavy atom. The molecule has 1 amide bonds. The first-order chi connectivity index (χ1) is 8.85. The minimum absolute atomic E-state index is 0.140. The Morgan fingerprint density at radius 2 is 1.68 bits per heavy atom. The first-order valence-corrected chi connectivity index (χ1v) is 6.00.